The summed E-state index contributed by atoms with van der Waals surface area (Å²) in [6.07, 6.45) is 2.03. The molecule has 2 saturated heterocycles. The van der Waals surface area contributed by atoms with E-state index in [0.29, 0.717) is 31.3 Å². The molecule has 1 atom stereocenters. The number of hydrogen-bond acceptors (Lipinski definition) is 5. The number of thiazole rings is 1. The molecule has 0 aliphatic carbocycles. The lowest BCUT2D eigenvalue weighted by atomic mass is 10.1. The number of aromatic nitrogens is 1. The molecule has 1 aromatic heterocycles. The molecule has 2 amide bonds. The smallest absolute Gasteiger partial charge is 0.231 e. The van der Waals surface area contributed by atoms with Crippen molar-refractivity contribution in [2.24, 2.45) is 5.92 Å². The fraction of sp³-hybridized carbons (Fsp3) is 0.643. The first-order chi connectivity index (χ1) is 10.1. The Hall–Kier alpha value is -1.47. The minimum Gasteiger partial charge on any atom is -0.381 e. The van der Waals surface area contributed by atoms with Gasteiger partial charge in [0.25, 0.3) is 0 Å². The van der Waals surface area contributed by atoms with E-state index in [9.17, 15) is 9.59 Å². The standard InChI is InChI=1S/C14H19N3O3S/c1-9-8-21-14(15-9)16-13(19)10-6-12(18)17(7-10)11-2-4-20-5-3-11/h8,10-11H,2-7H2,1H3,(H,15,16,19). The minimum absolute atomic E-state index is 0.0809. The summed E-state index contributed by atoms with van der Waals surface area (Å²) >= 11 is 1.41. The number of carbonyl (C=O) groups excluding carboxylic acids is 2. The quantitative estimate of drug-likeness (QED) is 0.916. The van der Waals surface area contributed by atoms with E-state index in [1.165, 1.54) is 11.3 Å². The fourth-order valence-corrected chi connectivity index (χ4v) is 3.57. The summed E-state index contributed by atoms with van der Waals surface area (Å²) in [6.45, 7) is 3.80. The second-order valence-electron chi connectivity index (χ2n) is 5.57. The Labute approximate surface area is 127 Å². The summed E-state index contributed by atoms with van der Waals surface area (Å²) in [5.74, 6) is -0.297. The van der Waals surface area contributed by atoms with Gasteiger partial charge in [-0.05, 0) is 19.8 Å². The molecule has 114 valence electrons. The van der Waals surface area contributed by atoms with Crippen LogP contribution in [0.25, 0.3) is 0 Å². The largest absolute Gasteiger partial charge is 0.381 e. The number of hydrogen-bond donors (Lipinski definition) is 1. The summed E-state index contributed by atoms with van der Waals surface area (Å²) in [5.41, 5.74) is 0.890. The zero-order valence-corrected chi connectivity index (χ0v) is 12.8. The molecule has 0 spiro atoms. The monoisotopic (exact) mass is 309 g/mol. The fourth-order valence-electron chi connectivity index (χ4n) is 2.88. The van der Waals surface area contributed by atoms with Gasteiger partial charge in [0.2, 0.25) is 11.8 Å². The van der Waals surface area contributed by atoms with Gasteiger partial charge in [0.05, 0.1) is 11.6 Å². The van der Waals surface area contributed by atoms with E-state index in [1.54, 1.807) is 0 Å². The Kier molecular flexibility index (Phi) is 4.21. The van der Waals surface area contributed by atoms with Gasteiger partial charge in [-0.25, -0.2) is 4.98 Å². The van der Waals surface area contributed by atoms with Crippen LogP contribution in [0.3, 0.4) is 0 Å². The highest BCUT2D eigenvalue weighted by Gasteiger charge is 2.38. The lowest BCUT2D eigenvalue weighted by molar-refractivity contribution is -0.131. The van der Waals surface area contributed by atoms with Crippen molar-refractivity contribution in [2.75, 3.05) is 25.1 Å². The molecule has 1 N–H and O–H groups in total. The third kappa shape index (κ3) is 3.24. The molecule has 6 nitrogen and oxygen atoms in total. The predicted octanol–water partition coefficient (Wildman–Crippen LogP) is 1.42. The van der Waals surface area contributed by atoms with E-state index in [1.807, 2.05) is 17.2 Å². The maximum Gasteiger partial charge on any atom is 0.231 e. The van der Waals surface area contributed by atoms with Crippen LogP contribution in [0.2, 0.25) is 0 Å². The van der Waals surface area contributed by atoms with Crippen LogP contribution in [0.15, 0.2) is 5.38 Å². The number of amides is 2. The number of nitrogens with zero attached hydrogens (tertiary/aromatic N) is 2. The van der Waals surface area contributed by atoms with E-state index in [2.05, 4.69) is 10.3 Å². The number of likely N-dealkylation sites (tertiary alicyclic amines) is 1. The molecule has 1 aromatic rings. The third-order valence-corrected chi connectivity index (χ3v) is 4.89. The average molecular weight is 309 g/mol. The molecule has 0 radical (unpaired) electrons. The first kappa shape index (κ1) is 14.5. The molecular formula is C14H19N3O3S. The lowest BCUT2D eigenvalue weighted by Gasteiger charge is -2.31. The highest BCUT2D eigenvalue weighted by Crippen LogP contribution is 2.26. The van der Waals surface area contributed by atoms with Crippen molar-refractivity contribution in [2.45, 2.75) is 32.2 Å². The number of aryl methyl sites for hydroxylation is 1. The van der Waals surface area contributed by atoms with Gasteiger partial charge < -0.3 is 15.0 Å². The van der Waals surface area contributed by atoms with E-state index in [4.69, 9.17) is 4.74 Å². The Morgan fingerprint density at radius 2 is 2.24 bits per heavy atom. The number of nitrogens with one attached hydrogen (secondary N) is 1. The van der Waals surface area contributed by atoms with E-state index >= 15 is 0 Å². The average Bonchev–Trinajstić information content (AvgIpc) is 3.06. The van der Waals surface area contributed by atoms with Gasteiger partial charge in [-0.1, -0.05) is 0 Å². The summed E-state index contributed by atoms with van der Waals surface area (Å²) in [7, 11) is 0. The topological polar surface area (TPSA) is 71.5 Å². The van der Waals surface area contributed by atoms with Crippen molar-refractivity contribution < 1.29 is 14.3 Å². The number of anilines is 1. The van der Waals surface area contributed by atoms with Crippen molar-refractivity contribution >= 4 is 28.3 Å². The Balaban J connectivity index is 1.59. The molecule has 2 fully saturated rings. The van der Waals surface area contributed by atoms with Gasteiger partial charge in [0, 0.05) is 37.6 Å². The van der Waals surface area contributed by atoms with Crippen molar-refractivity contribution in [3.63, 3.8) is 0 Å². The van der Waals surface area contributed by atoms with Gasteiger partial charge in [0.1, 0.15) is 0 Å². The molecule has 0 aromatic carbocycles. The highest BCUT2D eigenvalue weighted by atomic mass is 32.1. The third-order valence-electron chi connectivity index (χ3n) is 4.01. The van der Waals surface area contributed by atoms with Gasteiger partial charge >= 0.3 is 0 Å². The molecule has 2 aliphatic heterocycles. The summed E-state index contributed by atoms with van der Waals surface area (Å²) < 4.78 is 5.33. The van der Waals surface area contributed by atoms with Gasteiger partial charge in [-0.2, -0.15) is 0 Å². The van der Waals surface area contributed by atoms with Crippen LogP contribution in [-0.4, -0.2) is 47.5 Å². The molecule has 3 heterocycles. The van der Waals surface area contributed by atoms with Crippen LogP contribution in [0.5, 0.6) is 0 Å². The van der Waals surface area contributed by atoms with E-state index < -0.39 is 0 Å². The molecule has 1 unspecified atom stereocenters. The number of ether oxygens (including phenoxy) is 1. The van der Waals surface area contributed by atoms with Crippen LogP contribution in [-0.2, 0) is 14.3 Å². The second kappa shape index (κ2) is 6.11. The van der Waals surface area contributed by atoms with Crippen molar-refractivity contribution in [1.29, 1.82) is 0 Å². The SMILES string of the molecule is Cc1csc(NC(=O)C2CC(=O)N(C3CCOCC3)C2)n1. The summed E-state index contributed by atoms with van der Waals surface area (Å²) in [5, 5.41) is 5.31. The zero-order valence-electron chi connectivity index (χ0n) is 12.0. The Morgan fingerprint density at radius 3 is 2.90 bits per heavy atom. The van der Waals surface area contributed by atoms with E-state index in [-0.39, 0.29) is 23.8 Å². The van der Waals surface area contributed by atoms with Crippen LogP contribution in [0.1, 0.15) is 25.0 Å². The van der Waals surface area contributed by atoms with Crippen LogP contribution >= 0.6 is 11.3 Å². The van der Waals surface area contributed by atoms with Crippen LogP contribution in [0, 0.1) is 12.8 Å². The predicted molar refractivity (Wildman–Crippen MR) is 79.1 cm³/mol. The first-order valence-corrected chi connectivity index (χ1v) is 8.11. The van der Waals surface area contributed by atoms with Crippen molar-refractivity contribution in [1.82, 2.24) is 9.88 Å². The molecule has 0 bridgehead atoms. The first-order valence-electron chi connectivity index (χ1n) is 7.23. The second-order valence-corrected chi connectivity index (χ2v) is 6.43. The number of carbonyl (C=O) groups is 2. The minimum atomic E-state index is -0.274. The molecule has 2 aliphatic rings. The maximum atomic E-state index is 12.2. The van der Waals surface area contributed by atoms with Crippen molar-refractivity contribution in [3.8, 4) is 0 Å². The molecule has 0 saturated carbocycles. The summed E-state index contributed by atoms with van der Waals surface area (Å²) in [4.78, 5) is 30.5. The molecular weight excluding hydrogens is 290 g/mol. The molecule has 3 rings (SSSR count). The maximum absolute atomic E-state index is 12.2. The number of rotatable bonds is 3. The van der Waals surface area contributed by atoms with Gasteiger partial charge in [-0.3, -0.25) is 9.59 Å². The lowest BCUT2D eigenvalue weighted by Crippen LogP contribution is -2.41. The zero-order chi connectivity index (χ0) is 14.8. The van der Waals surface area contributed by atoms with Gasteiger partial charge in [0.15, 0.2) is 5.13 Å². The normalized spacial score (nSPS) is 23.6. The molecule has 21 heavy (non-hydrogen) atoms. The van der Waals surface area contributed by atoms with Gasteiger partial charge in [-0.15, -0.1) is 11.3 Å². The molecule has 7 heteroatoms. The Morgan fingerprint density at radius 1 is 1.48 bits per heavy atom. The van der Waals surface area contributed by atoms with E-state index in [0.717, 1.165) is 18.5 Å². The summed E-state index contributed by atoms with van der Waals surface area (Å²) in [6, 6.07) is 0.228. The van der Waals surface area contributed by atoms with Crippen LogP contribution in [0.4, 0.5) is 5.13 Å². The van der Waals surface area contributed by atoms with Crippen molar-refractivity contribution in [3.05, 3.63) is 11.1 Å². The van der Waals surface area contributed by atoms with Crippen LogP contribution < -0.4 is 5.32 Å². The Bertz CT molecular complexity index is 539. The highest BCUT2D eigenvalue weighted by molar-refractivity contribution is 7.13.